The molecule has 1 N–H and O–H groups in total. The van der Waals surface area contributed by atoms with Crippen molar-refractivity contribution < 1.29 is 18.0 Å². The standard InChI is InChI=1S/C15H11BrF3NO/c1-9-2-7-13(16)12(8-9)14(21)20-11-5-3-10(4-6-11)15(17,18)19/h2-8H,1H3,(H,20,21). The molecule has 0 aromatic heterocycles. The Bertz CT molecular complexity index is 666. The van der Waals surface area contributed by atoms with Crippen molar-refractivity contribution in [3.8, 4) is 0 Å². The van der Waals surface area contributed by atoms with Crippen molar-refractivity contribution in [3.05, 3.63) is 63.6 Å². The number of nitrogens with one attached hydrogen (secondary N) is 1. The molecule has 110 valence electrons. The Morgan fingerprint density at radius 2 is 1.71 bits per heavy atom. The molecule has 2 aromatic carbocycles. The van der Waals surface area contributed by atoms with Crippen LogP contribution in [0.1, 0.15) is 21.5 Å². The molecule has 2 rings (SSSR count). The Hall–Kier alpha value is -1.82. The zero-order valence-corrected chi connectivity index (χ0v) is 12.5. The minimum atomic E-state index is -4.39. The molecular formula is C15H11BrF3NO. The molecule has 0 fully saturated rings. The monoisotopic (exact) mass is 357 g/mol. The van der Waals surface area contributed by atoms with Crippen LogP contribution < -0.4 is 5.32 Å². The van der Waals surface area contributed by atoms with Crippen molar-refractivity contribution >= 4 is 27.5 Å². The first-order chi connectivity index (χ1) is 9.77. The molecule has 0 atom stereocenters. The summed E-state index contributed by atoms with van der Waals surface area (Å²) in [7, 11) is 0. The number of hydrogen-bond donors (Lipinski definition) is 1. The van der Waals surface area contributed by atoms with E-state index in [0.717, 1.165) is 17.7 Å². The third-order valence-electron chi connectivity index (χ3n) is 2.84. The number of carbonyl (C=O) groups excluding carboxylic acids is 1. The van der Waals surface area contributed by atoms with Gasteiger partial charge in [0.1, 0.15) is 0 Å². The SMILES string of the molecule is Cc1ccc(Br)c(C(=O)Nc2ccc(C(F)(F)F)cc2)c1. The lowest BCUT2D eigenvalue weighted by Crippen LogP contribution is -2.13. The lowest BCUT2D eigenvalue weighted by atomic mass is 10.1. The number of benzene rings is 2. The van der Waals surface area contributed by atoms with E-state index in [2.05, 4.69) is 21.2 Å². The summed E-state index contributed by atoms with van der Waals surface area (Å²) in [6.45, 7) is 1.85. The molecule has 1 amide bonds. The zero-order valence-electron chi connectivity index (χ0n) is 11.0. The molecule has 0 aliphatic rings. The summed E-state index contributed by atoms with van der Waals surface area (Å²) in [5.41, 5.74) is 0.893. The van der Waals surface area contributed by atoms with Gasteiger partial charge >= 0.3 is 6.18 Å². The van der Waals surface area contributed by atoms with E-state index in [4.69, 9.17) is 0 Å². The number of anilines is 1. The molecular weight excluding hydrogens is 347 g/mol. The lowest BCUT2D eigenvalue weighted by Gasteiger charge is -2.10. The summed E-state index contributed by atoms with van der Waals surface area (Å²) >= 11 is 3.27. The van der Waals surface area contributed by atoms with E-state index in [1.165, 1.54) is 12.1 Å². The summed E-state index contributed by atoms with van der Waals surface area (Å²) in [6, 6.07) is 9.61. The maximum Gasteiger partial charge on any atom is 0.416 e. The number of halogens is 4. The maximum atomic E-state index is 12.5. The van der Waals surface area contributed by atoms with Crippen LogP contribution in [0.15, 0.2) is 46.9 Å². The lowest BCUT2D eigenvalue weighted by molar-refractivity contribution is -0.137. The van der Waals surface area contributed by atoms with E-state index in [9.17, 15) is 18.0 Å². The largest absolute Gasteiger partial charge is 0.416 e. The van der Waals surface area contributed by atoms with Gasteiger partial charge in [-0.05, 0) is 59.3 Å². The first-order valence-corrected chi connectivity index (χ1v) is 6.81. The Morgan fingerprint density at radius 3 is 2.29 bits per heavy atom. The molecule has 0 heterocycles. The van der Waals surface area contributed by atoms with Gasteiger partial charge in [0.05, 0.1) is 11.1 Å². The molecule has 0 unspecified atom stereocenters. The normalized spacial score (nSPS) is 11.3. The van der Waals surface area contributed by atoms with Gasteiger partial charge in [0.15, 0.2) is 0 Å². The predicted octanol–water partition coefficient (Wildman–Crippen LogP) is 5.03. The first kappa shape index (κ1) is 15.6. The Kier molecular flexibility index (Phi) is 4.37. The third-order valence-corrected chi connectivity index (χ3v) is 3.53. The van der Waals surface area contributed by atoms with E-state index < -0.39 is 11.7 Å². The van der Waals surface area contributed by atoms with Gasteiger partial charge in [-0.1, -0.05) is 11.6 Å². The van der Waals surface area contributed by atoms with E-state index >= 15 is 0 Å². The molecule has 2 nitrogen and oxygen atoms in total. The van der Waals surface area contributed by atoms with Crippen molar-refractivity contribution in [1.29, 1.82) is 0 Å². The summed E-state index contributed by atoms with van der Waals surface area (Å²) in [5.74, 6) is -0.384. The van der Waals surface area contributed by atoms with Crippen molar-refractivity contribution in [2.75, 3.05) is 5.32 Å². The summed E-state index contributed by atoms with van der Waals surface area (Å²) in [5, 5.41) is 2.57. The van der Waals surface area contributed by atoms with Crippen LogP contribution in [0, 0.1) is 6.92 Å². The van der Waals surface area contributed by atoms with Gasteiger partial charge in [-0.2, -0.15) is 13.2 Å². The Labute approximate surface area is 128 Å². The highest BCUT2D eigenvalue weighted by Crippen LogP contribution is 2.30. The van der Waals surface area contributed by atoms with Crippen molar-refractivity contribution in [2.24, 2.45) is 0 Å². The van der Waals surface area contributed by atoms with Crippen LogP contribution >= 0.6 is 15.9 Å². The van der Waals surface area contributed by atoms with Gasteiger partial charge in [0.2, 0.25) is 0 Å². The molecule has 2 aromatic rings. The number of hydrogen-bond acceptors (Lipinski definition) is 1. The van der Waals surface area contributed by atoms with E-state index in [-0.39, 0.29) is 5.91 Å². The van der Waals surface area contributed by atoms with Gasteiger partial charge in [-0.15, -0.1) is 0 Å². The van der Waals surface area contributed by atoms with Crippen LogP contribution in [0.3, 0.4) is 0 Å². The number of aryl methyl sites for hydroxylation is 1. The van der Waals surface area contributed by atoms with E-state index in [0.29, 0.717) is 15.7 Å². The van der Waals surface area contributed by atoms with Crippen molar-refractivity contribution in [1.82, 2.24) is 0 Å². The van der Waals surface area contributed by atoms with Crippen molar-refractivity contribution in [3.63, 3.8) is 0 Å². The minimum absolute atomic E-state index is 0.307. The Morgan fingerprint density at radius 1 is 1.10 bits per heavy atom. The van der Waals surface area contributed by atoms with Crippen LogP contribution in [0.5, 0.6) is 0 Å². The zero-order chi connectivity index (χ0) is 15.6. The number of alkyl halides is 3. The topological polar surface area (TPSA) is 29.1 Å². The highest BCUT2D eigenvalue weighted by molar-refractivity contribution is 9.10. The molecule has 0 spiro atoms. The molecule has 0 aliphatic carbocycles. The van der Waals surface area contributed by atoms with Crippen molar-refractivity contribution in [2.45, 2.75) is 13.1 Å². The fourth-order valence-corrected chi connectivity index (χ4v) is 2.18. The second-order valence-electron chi connectivity index (χ2n) is 4.51. The minimum Gasteiger partial charge on any atom is -0.322 e. The van der Waals surface area contributed by atoms with Gasteiger partial charge in [0.25, 0.3) is 5.91 Å². The number of amides is 1. The molecule has 0 saturated heterocycles. The van der Waals surface area contributed by atoms with E-state index in [1.807, 2.05) is 13.0 Å². The average molecular weight is 358 g/mol. The van der Waals surface area contributed by atoms with Crippen LogP contribution in [-0.2, 0) is 6.18 Å². The summed E-state index contributed by atoms with van der Waals surface area (Å²) in [4.78, 5) is 12.1. The molecule has 21 heavy (non-hydrogen) atoms. The number of carbonyl (C=O) groups is 1. The van der Waals surface area contributed by atoms with Crippen LogP contribution in [0.4, 0.5) is 18.9 Å². The highest BCUT2D eigenvalue weighted by Gasteiger charge is 2.30. The number of rotatable bonds is 2. The molecule has 0 radical (unpaired) electrons. The quantitative estimate of drug-likeness (QED) is 0.802. The van der Waals surface area contributed by atoms with Crippen LogP contribution in [-0.4, -0.2) is 5.91 Å². The van der Waals surface area contributed by atoms with Gasteiger partial charge in [0, 0.05) is 10.2 Å². The molecule has 0 saturated carbocycles. The second-order valence-corrected chi connectivity index (χ2v) is 5.37. The van der Waals surface area contributed by atoms with Gasteiger partial charge in [-0.3, -0.25) is 4.79 Å². The molecule has 0 aliphatic heterocycles. The van der Waals surface area contributed by atoms with Gasteiger partial charge < -0.3 is 5.32 Å². The summed E-state index contributed by atoms with van der Waals surface area (Å²) in [6.07, 6.45) is -4.39. The summed E-state index contributed by atoms with van der Waals surface area (Å²) < 4.78 is 38.0. The average Bonchev–Trinajstić information content (AvgIpc) is 2.41. The fraction of sp³-hybridized carbons (Fsp3) is 0.133. The fourth-order valence-electron chi connectivity index (χ4n) is 1.75. The van der Waals surface area contributed by atoms with Crippen LogP contribution in [0.25, 0.3) is 0 Å². The molecule has 6 heteroatoms. The second kappa shape index (κ2) is 5.89. The first-order valence-electron chi connectivity index (χ1n) is 6.02. The Balaban J connectivity index is 2.18. The smallest absolute Gasteiger partial charge is 0.322 e. The van der Waals surface area contributed by atoms with Gasteiger partial charge in [-0.25, -0.2) is 0 Å². The third kappa shape index (κ3) is 3.85. The molecule has 0 bridgehead atoms. The predicted molar refractivity (Wildman–Crippen MR) is 78.3 cm³/mol. The maximum absolute atomic E-state index is 12.5. The highest BCUT2D eigenvalue weighted by atomic mass is 79.9. The van der Waals surface area contributed by atoms with E-state index in [1.54, 1.807) is 12.1 Å². The van der Waals surface area contributed by atoms with Crippen LogP contribution in [0.2, 0.25) is 0 Å².